The zero-order valence-electron chi connectivity index (χ0n) is 11.9. The molecule has 0 radical (unpaired) electrons. The summed E-state index contributed by atoms with van der Waals surface area (Å²) in [5, 5.41) is 13.1. The summed E-state index contributed by atoms with van der Waals surface area (Å²) in [6.45, 7) is 3.43. The summed E-state index contributed by atoms with van der Waals surface area (Å²) in [5.74, 6) is 6.88. The van der Waals surface area contributed by atoms with Gasteiger partial charge in [-0.25, -0.2) is 15.8 Å². The Hall–Kier alpha value is -1.44. The van der Waals surface area contributed by atoms with Gasteiger partial charge in [0.15, 0.2) is 0 Å². The van der Waals surface area contributed by atoms with Crippen LogP contribution >= 0.6 is 0 Å². The highest BCUT2D eigenvalue weighted by Gasteiger charge is 2.33. The van der Waals surface area contributed by atoms with Crippen molar-refractivity contribution in [2.75, 3.05) is 30.6 Å². The molecule has 7 nitrogen and oxygen atoms in total. The maximum atomic E-state index is 9.75. The molecule has 1 aliphatic heterocycles. The quantitative estimate of drug-likeness (QED) is 0.448. The molecule has 0 unspecified atom stereocenters. The number of hydrogen-bond acceptors (Lipinski definition) is 7. The topological polar surface area (TPSA) is 105 Å². The number of rotatable bonds is 6. The van der Waals surface area contributed by atoms with Crippen LogP contribution < -0.4 is 16.6 Å². The molecule has 1 fully saturated rings. The van der Waals surface area contributed by atoms with Crippen LogP contribution in [0, 0.1) is 0 Å². The number of nitrogen functional groups attached to an aromatic ring is 1. The van der Waals surface area contributed by atoms with Gasteiger partial charge in [0.05, 0.1) is 12.1 Å². The molecule has 0 bridgehead atoms. The maximum absolute atomic E-state index is 9.75. The molecule has 5 N–H and O–H groups in total. The fraction of sp³-hybridized carbons (Fsp3) is 0.692. The van der Waals surface area contributed by atoms with Crippen molar-refractivity contribution >= 4 is 11.6 Å². The second-order valence-electron chi connectivity index (χ2n) is 5.12. The lowest BCUT2D eigenvalue weighted by atomic mass is 9.90. The summed E-state index contributed by atoms with van der Waals surface area (Å²) in [6, 6.07) is 0. The monoisotopic (exact) mass is 281 g/mol. The first-order valence-electron chi connectivity index (χ1n) is 7.02. The highest BCUT2D eigenvalue weighted by molar-refractivity contribution is 5.58. The second-order valence-corrected chi connectivity index (χ2v) is 5.12. The lowest BCUT2D eigenvalue weighted by Crippen LogP contribution is -2.47. The molecule has 112 valence electrons. The van der Waals surface area contributed by atoms with Crippen molar-refractivity contribution in [1.29, 1.82) is 0 Å². The molecule has 2 heterocycles. The summed E-state index contributed by atoms with van der Waals surface area (Å²) < 4.78 is 5.37. The van der Waals surface area contributed by atoms with Gasteiger partial charge in [-0.2, -0.15) is 0 Å². The molecule has 1 aromatic rings. The number of aliphatic hydroxyl groups is 1. The van der Waals surface area contributed by atoms with Crippen molar-refractivity contribution in [3.63, 3.8) is 0 Å². The second kappa shape index (κ2) is 6.83. The predicted octanol–water partition coefficient (Wildman–Crippen LogP) is 0.668. The van der Waals surface area contributed by atoms with Gasteiger partial charge in [0.2, 0.25) is 0 Å². The van der Waals surface area contributed by atoms with Gasteiger partial charge in [-0.1, -0.05) is 13.3 Å². The Morgan fingerprint density at radius 1 is 1.35 bits per heavy atom. The van der Waals surface area contributed by atoms with Crippen molar-refractivity contribution in [3.8, 4) is 0 Å². The van der Waals surface area contributed by atoms with Crippen LogP contribution in [0.5, 0.6) is 0 Å². The summed E-state index contributed by atoms with van der Waals surface area (Å²) in [7, 11) is 0. The third kappa shape index (κ3) is 3.17. The van der Waals surface area contributed by atoms with Crippen LogP contribution in [0.4, 0.5) is 11.6 Å². The van der Waals surface area contributed by atoms with Gasteiger partial charge in [0.1, 0.15) is 18.0 Å². The highest BCUT2D eigenvalue weighted by atomic mass is 16.5. The molecule has 0 saturated carbocycles. The van der Waals surface area contributed by atoms with Crippen LogP contribution in [-0.2, 0) is 11.2 Å². The van der Waals surface area contributed by atoms with E-state index in [-0.39, 0.29) is 12.1 Å². The van der Waals surface area contributed by atoms with E-state index in [0.717, 1.165) is 37.1 Å². The fourth-order valence-electron chi connectivity index (χ4n) is 2.47. The van der Waals surface area contributed by atoms with E-state index in [1.807, 2.05) is 0 Å². The van der Waals surface area contributed by atoms with Crippen LogP contribution in [0.1, 0.15) is 31.7 Å². The van der Waals surface area contributed by atoms with Crippen LogP contribution in [0.15, 0.2) is 6.33 Å². The smallest absolute Gasteiger partial charge is 0.148 e. The first-order chi connectivity index (χ1) is 9.74. The molecular formula is C13H23N5O2. The average Bonchev–Trinajstić information content (AvgIpc) is 2.50. The summed E-state index contributed by atoms with van der Waals surface area (Å²) in [5.41, 5.74) is 3.19. The number of hydrazine groups is 1. The van der Waals surface area contributed by atoms with E-state index in [2.05, 4.69) is 27.6 Å². The Morgan fingerprint density at radius 2 is 2.05 bits per heavy atom. The van der Waals surface area contributed by atoms with Crippen LogP contribution in [0.3, 0.4) is 0 Å². The van der Waals surface area contributed by atoms with Crippen molar-refractivity contribution in [2.45, 2.75) is 38.1 Å². The van der Waals surface area contributed by atoms with E-state index < -0.39 is 0 Å². The van der Waals surface area contributed by atoms with Gasteiger partial charge >= 0.3 is 0 Å². The number of nitrogens with zero attached hydrogens (tertiary/aromatic N) is 2. The zero-order chi connectivity index (χ0) is 14.4. The molecule has 0 aliphatic carbocycles. The molecule has 7 heteroatoms. The third-order valence-corrected chi connectivity index (χ3v) is 3.72. The Morgan fingerprint density at radius 3 is 2.65 bits per heavy atom. The van der Waals surface area contributed by atoms with Crippen LogP contribution in [0.2, 0.25) is 0 Å². The van der Waals surface area contributed by atoms with E-state index in [9.17, 15) is 5.11 Å². The Kier molecular flexibility index (Phi) is 5.11. The van der Waals surface area contributed by atoms with Gasteiger partial charge in [-0.05, 0) is 19.3 Å². The Balaban J connectivity index is 2.26. The van der Waals surface area contributed by atoms with Crippen LogP contribution in [0.25, 0.3) is 0 Å². The molecule has 1 aliphatic rings. The van der Waals surface area contributed by atoms with E-state index >= 15 is 0 Å². The third-order valence-electron chi connectivity index (χ3n) is 3.72. The first-order valence-corrected chi connectivity index (χ1v) is 7.02. The minimum absolute atomic E-state index is 0.0529. The summed E-state index contributed by atoms with van der Waals surface area (Å²) in [6.07, 6.45) is 4.77. The molecule has 1 aromatic heterocycles. The van der Waals surface area contributed by atoms with E-state index in [0.29, 0.717) is 19.0 Å². The van der Waals surface area contributed by atoms with Crippen molar-refractivity contribution in [1.82, 2.24) is 9.97 Å². The normalized spacial score (nSPS) is 17.8. The molecule has 1 saturated heterocycles. The standard InChI is InChI=1S/C13H23N5O2/c1-2-3-10-11(15-9-16-12(10)18-14)17-13(8-19)4-6-20-7-5-13/h9,19H,2-8,14H2,1H3,(H2,15,16,17,18). The highest BCUT2D eigenvalue weighted by Crippen LogP contribution is 2.28. The molecule has 0 spiro atoms. The lowest BCUT2D eigenvalue weighted by Gasteiger charge is -2.37. The SMILES string of the molecule is CCCc1c(NN)ncnc1NC1(CO)CCOCC1. The lowest BCUT2D eigenvalue weighted by molar-refractivity contribution is 0.0378. The number of ether oxygens (including phenoxy) is 1. The fourth-order valence-corrected chi connectivity index (χ4v) is 2.47. The van der Waals surface area contributed by atoms with Gasteiger partial charge in [-0.3, -0.25) is 0 Å². The first kappa shape index (κ1) is 15.0. The largest absolute Gasteiger partial charge is 0.394 e. The van der Waals surface area contributed by atoms with E-state index in [4.69, 9.17) is 10.6 Å². The minimum Gasteiger partial charge on any atom is -0.394 e. The Bertz CT molecular complexity index is 435. The number of hydrogen-bond donors (Lipinski definition) is 4. The van der Waals surface area contributed by atoms with Gasteiger partial charge in [-0.15, -0.1) is 0 Å². The molecule has 0 atom stereocenters. The van der Waals surface area contributed by atoms with E-state index in [1.54, 1.807) is 0 Å². The molecule has 2 rings (SSSR count). The average molecular weight is 281 g/mol. The number of nitrogens with two attached hydrogens (primary N) is 1. The van der Waals surface area contributed by atoms with Crippen molar-refractivity contribution in [2.24, 2.45) is 5.84 Å². The van der Waals surface area contributed by atoms with Gasteiger partial charge in [0.25, 0.3) is 0 Å². The number of nitrogens with one attached hydrogen (secondary N) is 2. The summed E-state index contributed by atoms with van der Waals surface area (Å²) in [4.78, 5) is 8.47. The predicted molar refractivity (Wildman–Crippen MR) is 77.3 cm³/mol. The molecular weight excluding hydrogens is 258 g/mol. The maximum Gasteiger partial charge on any atom is 0.148 e. The zero-order valence-corrected chi connectivity index (χ0v) is 11.9. The molecule has 0 amide bonds. The van der Waals surface area contributed by atoms with Gasteiger partial charge < -0.3 is 20.6 Å². The number of anilines is 2. The number of aliphatic hydroxyl groups excluding tert-OH is 1. The van der Waals surface area contributed by atoms with Crippen molar-refractivity contribution < 1.29 is 9.84 Å². The van der Waals surface area contributed by atoms with E-state index in [1.165, 1.54) is 6.33 Å². The molecule has 20 heavy (non-hydrogen) atoms. The minimum atomic E-state index is -0.374. The van der Waals surface area contributed by atoms with Crippen molar-refractivity contribution in [3.05, 3.63) is 11.9 Å². The Labute approximate surface area is 118 Å². The molecule has 0 aromatic carbocycles. The van der Waals surface area contributed by atoms with Crippen LogP contribution in [-0.4, -0.2) is 40.4 Å². The number of aromatic nitrogens is 2. The summed E-state index contributed by atoms with van der Waals surface area (Å²) >= 11 is 0. The van der Waals surface area contributed by atoms with Gasteiger partial charge in [0, 0.05) is 18.8 Å².